The zero-order valence-electron chi connectivity index (χ0n) is 18.9. The Balaban J connectivity index is 1.31. The Hall–Kier alpha value is -3.16. The first-order valence-corrected chi connectivity index (χ1v) is 11.3. The highest BCUT2D eigenvalue weighted by Crippen LogP contribution is 2.41. The van der Waals surface area contributed by atoms with Crippen molar-refractivity contribution in [1.29, 1.82) is 0 Å². The lowest BCUT2D eigenvalue weighted by atomic mass is 9.77. The van der Waals surface area contributed by atoms with Crippen LogP contribution in [0.15, 0.2) is 42.5 Å². The van der Waals surface area contributed by atoms with Gasteiger partial charge in [0.2, 0.25) is 0 Å². The van der Waals surface area contributed by atoms with E-state index >= 15 is 0 Å². The number of carbonyl (C=O) groups excluding carboxylic acids is 2. The number of ether oxygens (including phenoxy) is 1. The minimum Gasteiger partial charge on any atom is -0.491 e. The van der Waals surface area contributed by atoms with Crippen LogP contribution >= 0.6 is 0 Å². The fourth-order valence-corrected chi connectivity index (χ4v) is 4.65. The molecule has 2 heterocycles. The minimum absolute atomic E-state index is 0.0726. The molecule has 33 heavy (non-hydrogen) atoms. The second-order valence-electron chi connectivity index (χ2n) is 9.18. The molecule has 0 atom stereocenters. The highest BCUT2D eigenvalue weighted by molar-refractivity contribution is 5.95. The SMILES string of the molecule is CC(C)Oc1ccc(NC(=O)N2CCC3(CCN(C(=O)c4c(F)cccc4F)CC3)C2)cc1. The van der Waals surface area contributed by atoms with E-state index in [0.717, 1.165) is 24.3 Å². The number of urea groups is 1. The van der Waals surface area contributed by atoms with Crippen molar-refractivity contribution >= 4 is 17.6 Å². The van der Waals surface area contributed by atoms with Crippen LogP contribution in [0.2, 0.25) is 0 Å². The summed E-state index contributed by atoms with van der Waals surface area (Å²) in [4.78, 5) is 28.7. The summed E-state index contributed by atoms with van der Waals surface area (Å²) < 4.78 is 33.6. The van der Waals surface area contributed by atoms with E-state index in [4.69, 9.17) is 4.74 Å². The third kappa shape index (κ3) is 5.10. The molecule has 1 spiro atoms. The normalized spacial score (nSPS) is 17.5. The first-order valence-electron chi connectivity index (χ1n) is 11.3. The quantitative estimate of drug-likeness (QED) is 0.710. The zero-order chi connectivity index (χ0) is 23.6. The van der Waals surface area contributed by atoms with Crippen LogP contribution < -0.4 is 10.1 Å². The smallest absolute Gasteiger partial charge is 0.321 e. The number of rotatable bonds is 4. The number of hydrogen-bond donors (Lipinski definition) is 1. The highest BCUT2D eigenvalue weighted by atomic mass is 19.1. The van der Waals surface area contributed by atoms with Crippen LogP contribution in [-0.4, -0.2) is 54.0 Å². The standard InChI is InChI=1S/C25H29F2N3O3/c1-17(2)33-19-8-6-18(7-9-19)28-24(32)30-15-12-25(16-30)10-13-29(14-11-25)23(31)22-20(26)4-3-5-21(22)27/h3-9,17H,10-16H2,1-2H3,(H,28,32). The summed E-state index contributed by atoms with van der Waals surface area (Å²) in [6, 6.07) is 10.6. The van der Waals surface area contributed by atoms with E-state index in [-0.39, 0.29) is 17.6 Å². The summed E-state index contributed by atoms with van der Waals surface area (Å²) in [5, 5.41) is 2.93. The van der Waals surface area contributed by atoms with Crippen molar-refractivity contribution in [2.24, 2.45) is 5.41 Å². The minimum atomic E-state index is -0.840. The van der Waals surface area contributed by atoms with Gasteiger partial charge in [-0.1, -0.05) is 6.07 Å². The Kier molecular flexibility index (Phi) is 6.54. The number of nitrogens with one attached hydrogen (secondary N) is 1. The molecule has 0 bridgehead atoms. The molecule has 2 fully saturated rings. The second-order valence-corrected chi connectivity index (χ2v) is 9.18. The predicted molar refractivity (Wildman–Crippen MR) is 121 cm³/mol. The summed E-state index contributed by atoms with van der Waals surface area (Å²) in [5.74, 6) is -1.54. The molecule has 176 valence electrons. The topological polar surface area (TPSA) is 61.9 Å². The molecule has 0 aliphatic carbocycles. The van der Waals surface area contributed by atoms with Crippen LogP contribution in [0, 0.1) is 17.0 Å². The summed E-state index contributed by atoms with van der Waals surface area (Å²) in [5.41, 5.74) is 0.131. The molecule has 0 radical (unpaired) electrons. The van der Waals surface area contributed by atoms with Crippen molar-refractivity contribution in [3.8, 4) is 5.75 Å². The van der Waals surface area contributed by atoms with Gasteiger partial charge in [-0.15, -0.1) is 0 Å². The average molecular weight is 458 g/mol. The van der Waals surface area contributed by atoms with Gasteiger partial charge < -0.3 is 19.9 Å². The van der Waals surface area contributed by atoms with E-state index in [1.807, 2.05) is 38.1 Å². The van der Waals surface area contributed by atoms with Gasteiger partial charge in [-0.05, 0) is 74.9 Å². The molecule has 8 heteroatoms. The van der Waals surface area contributed by atoms with Crippen LogP contribution in [0.3, 0.4) is 0 Å². The Morgan fingerprint density at radius 1 is 0.939 bits per heavy atom. The molecule has 1 N–H and O–H groups in total. The maximum atomic E-state index is 14.0. The van der Waals surface area contributed by atoms with Crippen molar-refractivity contribution in [3.63, 3.8) is 0 Å². The lowest BCUT2D eigenvalue weighted by molar-refractivity contribution is 0.0585. The Morgan fingerprint density at radius 3 is 2.09 bits per heavy atom. The number of piperidine rings is 1. The molecule has 2 saturated heterocycles. The van der Waals surface area contributed by atoms with Gasteiger partial charge in [0, 0.05) is 31.9 Å². The zero-order valence-corrected chi connectivity index (χ0v) is 18.9. The summed E-state index contributed by atoms with van der Waals surface area (Å²) in [7, 11) is 0. The van der Waals surface area contributed by atoms with Crippen molar-refractivity contribution in [2.75, 3.05) is 31.5 Å². The second kappa shape index (κ2) is 9.37. The summed E-state index contributed by atoms with van der Waals surface area (Å²) in [6.45, 7) is 5.98. The lowest BCUT2D eigenvalue weighted by Gasteiger charge is -2.39. The molecule has 2 aromatic rings. The van der Waals surface area contributed by atoms with Crippen molar-refractivity contribution in [1.82, 2.24) is 9.80 Å². The third-order valence-corrected chi connectivity index (χ3v) is 6.49. The average Bonchev–Trinajstić information content (AvgIpc) is 3.19. The largest absolute Gasteiger partial charge is 0.491 e. The van der Waals surface area contributed by atoms with Crippen molar-refractivity contribution < 1.29 is 23.1 Å². The van der Waals surface area contributed by atoms with E-state index in [1.54, 1.807) is 4.90 Å². The molecule has 6 nitrogen and oxygen atoms in total. The van der Waals surface area contributed by atoms with Crippen LogP contribution in [-0.2, 0) is 0 Å². The van der Waals surface area contributed by atoms with Gasteiger partial charge in [0.25, 0.3) is 5.91 Å². The number of nitrogens with zero attached hydrogens (tertiary/aromatic N) is 2. The van der Waals surface area contributed by atoms with E-state index < -0.39 is 23.1 Å². The van der Waals surface area contributed by atoms with E-state index in [1.165, 1.54) is 11.0 Å². The number of benzene rings is 2. The van der Waals surface area contributed by atoms with E-state index in [9.17, 15) is 18.4 Å². The molecule has 0 unspecified atom stereocenters. The Labute approximate surface area is 192 Å². The van der Waals surface area contributed by atoms with E-state index in [2.05, 4.69) is 5.32 Å². The number of hydrogen-bond acceptors (Lipinski definition) is 3. The molecule has 0 saturated carbocycles. The van der Waals surface area contributed by atoms with E-state index in [0.29, 0.717) is 44.7 Å². The van der Waals surface area contributed by atoms with Crippen LogP contribution in [0.1, 0.15) is 43.5 Å². The van der Waals surface area contributed by atoms with Gasteiger partial charge in [0.05, 0.1) is 6.10 Å². The molecule has 0 aromatic heterocycles. The Morgan fingerprint density at radius 2 is 1.52 bits per heavy atom. The first-order chi connectivity index (χ1) is 15.8. The van der Waals surface area contributed by atoms with Gasteiger partial charge in [0.1, 0.15) is 22.9 Å². The molecule has 2 aliphatic rings. The third-order valence-electron chi connectivity index (χ3n) is 6.49. The summed E-state index contributed by atoms with van der Waals surface area (Å²) >= 11 is 0. The molecule has 4 rings (SSSR count). The fraction of sp³-hybridized carbons (Fsp3) is 0.440. The van der Waals surface area contributed by atoms with Gasteiger partial charge in [0.15, 0.2) is 0 Å². The van der Waals surface area contributed by atoms with Gasteiger partial charge in [-0.3, -0.25) is 4.79 Å². The highest BCUT2D eigenvalue weighted by Gasteiger charge is 2.43. The fourth-order valence-electron chi connectivity index (χ4n) is 4.65. The van der Waals surface area contributed by atoms with Gasteiger partial charge in [-0.2, -0.15) is 0 Å². The molecular formula is C25H29F2N3O3. The number of anilines is 1. The molecule has 2 aromatic carbocycles. The predicted octanol–water partition coefficient (Wildman–Crippen LogP) is 4.91. The number of halogens is 2. The first kappa shape index (κ1) is 23.0. The van der Waals surface area contributed by atoms with Crippen molar-refractivity contribution in [3.05, 3.63) is 59.7 Å². The van der Waals surface area contributed by atoms with Gasteiger partial charge in [-0.25, -0.2) is 13.6 Å². The van der Waals surface area contributed by atoms with Crippen LogP contribution in [0.4, 0.5) is 19.3 Å². The lowest BCUT2D eigenvalue weighted by Crippen LogP contribution is -2.45. The van der Waals surface area contributed by atoms with Gasteiger partial charge >= 0.3 is 6.03 Å². The maximum Gasteiger partial charge on any atom is 0.321 e. The molecule has 3 amide bonds. The van der Waals surface area contributed by atoms with Crippen LogP contribution in [0.5, 0.6) is 5.75 Å². The van der Waals surface area contributed by atoms with Crippen molar-refractivity contribution in [2.45, 2.75) is 39.2 Å². The maximum absolute atomic E-state index is 14.0. The molecular weight excluding hydrogens is 428 g/mol. The number of likely N-dealkylation sites (tertiary alicyclic amines) is 2. The number of amides is 3. The van der Waals surface area contributed by atoms with Crippen LogP contribution in [0.25, 0.3) is 0 Å². The summed E-state index contributed by atoms with van der Waals surface area (Å²) in [6.07, 6.45) is 2.32. The number of carbonyl (C=O) groups is 2. The Bertz CT molecular complexity index is 998. The monoisotopic (exact) mass is 457 g/mol. The molecule has 2 aliphatic heterocycles.